The first kappa shape index (κ1) is 15.9. The molecule has 1 amide bonds. The van der Waals surface area contributed by atoms with Crippen LogP contribution in [0, 0.1) is 0 Å². The van der Waals surface area contributed by atoms with E-state index in [1.54, 1.807) is 11.6 Å². The van der Waals surface area contributed by atoms with E-state index in [-0.39, 0.29) is 22.9 Å². The number of hydrogen-bond acceptors (Lipinski definition) is 5. The number of carbonyl (C=O) groups is 1. The lowest BCUT2D eigenvalue weighted by atomic mass is 10.2. The molecule has 0 unspecified atom stereocenters. The van der Waals surface area contributed by atoms with Gasteiger partial charge in [0.1, 0.15) is 5.69 Å². The Morgan fingerprint density at radius 1 is 1.36 bits per heavy atom. The Kier molecular flexibility index (Phi) is 4.06. The molecule has 4 rings (SSSR count). The molecule has 0 radical (unpaired) electrons. The number of para-hydroxylation sites is 1. The number of rotatable bonds is 4. The van der Waals surface area contributed by atoms with Crippen LogP contribution in [-0.2, 0) is 11.8 Å². The van der Waals surface area contributed by atoms with E-state index in [0.717, 1.165) is 15.8 Å². The first-order valence-electron chi connectivity index (χ1n) is 7.55. The van der Waals surface area contributed by atoms with E-state index >= 15 is 0 Å². The number of aromatic nitrogens is 3. The molecule has 0 aliphatic rings. The van der Waals surface area contributed by atoms with Crippen LogP contribution in [0.1, 0.15) is 0 Å². The molecule has 25 heavy (non-hydrogen) atoms. The Balaban J connectivity index is 1.50. The fourth-order valence-corrected chi connectivity index (χ4v) is 4.25. The number of aryl methyl sites for hydroxylation is 1. The summed E-state index contributed by atoms with van der Waals surface area (Å²) in [6.45, 7) is 0. The van der Waals surface area contributed by atoms with E-state index in [9.17, 15) is 9.59 Å². The molecule has 126 valence electrons. The van der Waals surface area contributed by atoms with Crippen molar-refractivity contribution in [3.63, 3.8) is 0 Å². The molecule has 8 heteroatoms. The van der Waals surface area contributed by atoms with Gasteiger partial charge in [-0.25, -0.2) is 4.98 Å². The predicted octanol–water partition coefficient (Wildman–Crippen LogP) is 2.98. The number of hydrogen-bond donors (Lipinski definition) is 1. The zero-order valence-corrected chi connectivity index (χ0v) is 14.9. The van der Waals surface area contributed by atoms with Gasteiger partial charge in [-0.05, 0) is 6.07 Å². The molecule has 0 spiro atoms. The minimum atomic E-state index is -0.269. The Bertz CT molecular complexity index is 1140. The SMILES string of the molecule is Cn1cc(SCC(=O)Nc2cnc3sccn3c2=O)c2ccccc21. The zero-order chi connectivity index (χ0) is 17.4. The third kappa shape index (κ3) is 2.94. The molecule has 4 aromatic rings. The summed E-state index contributed by atoms with van der Waals surface area (Å²) < 4.78 is 3.47. The molecule has 6 nitrogen and oxygen atoms in total. The number of carbonyl (C=O) groups excluding carboxylic acids is 1. The van der Waals surface area contributed by atoms with Gasteiger partial charge in [0.15, 0.2) is 4.96 Å². The van der Waals surface area contributed by atoms with Crippen molar-refractivity contribution in [1.82, 2.24) is 14.0 Å². The quantitative estimate of drug-likeness (QED) is 0.561. The molecule has 0 bridgehead atoms. The van der Waals surface area contributed by atoms with Crippen molar-refractivity contribution < 1.29 is 4.79 Å². The normalized spacial score (nSPS) is 11.2. The molecule has 0 fully saturated rings. The number of fused-ring (bicyclic) bond motifs is 2. The van der Waals surface area contributed by atoms with Crippen molar-refractivity contribution in [2.24, 2.45) is 7.05 Å². The van der Waals surface area contributed by atoms with Crippen LogP contribution in [-0.4, -0.2) is 25.6 Å². The molecular weight excluding hydrogens is 356 g/mol. The van der Waals surface area contributed by atoms with E-state index in [0.29, 0.717) is 4.96 Å². The molecule has 3 heterocycles. The number of nitrogens with one attached hydrogen (secondary N) is 1. The average Bonchev–Trinajstić information content (AvgIpc) is 3.21. The largest absolute Gasteiger partial charge is 0.349 e. The molecule has 0 aliphatic carbocycles. The molecule has 3 aromatic heterocycles. The standard InChI is InChI=1S/C17H14N4O2S2/c1-20-9-14(11-4-2-3-5-13(11)20)25-10-15(22)19-12-8-18-17-21(16(12)23)6-7-24-17/h2-9H,10H2,1H3,(H,19,22). The second-order valence-corrected chi connectivity index (χ2v) is 7.38. The third-order valence-corrected chi connectivity index (χ3v) is 5.65. The minimum Gasteiger partial charge on any atom is -0.349 e. The van der Waals surface area contributed by atoms with Gasteiger partial charge in [-0.1, -0.05) is 18.2 Å². The van der Waals surface area contributed by atoms with E-state index in [1.807, 2.05) is 42.1 Å². The molecule has 0 atom stereocenters. The highest BCUT2D eigenvalue weighted by atomic mass is 32.2. The van der Waals surface area contributed by atoms with Gasteiger partial charge in [0, 0.05) is 40.6 Å². The van der Waals surface area contributed by atoms with Crippen molar-refractivity contribution in [1.29, 1.82) is 0 Å². The summed E-state index contributed by atoms with van der Waals surface area (Å²) in [6.07, 6.45) is 5.07. The fourth-order valence-electron chi connectivity index (χ4n) is 2.66. The van der Waals surface area contributed by atoms with Gasteiger partial charge >= 0.3 is 0 Å². The number of amides is 1. The van der Waals surface area contributed by atoms with Crippen LogP contribution < -0.4 is 10.9 Å². The molecule has 1 N–H and O–H groups in total. The molecule has 0 saturated carbocycles. The topological polar surface area (TPSA) is 68.4 Å². The summed E-state index contributed by atoms with van der Waals surface area (Å²) in [4.78, 5) is 30.3. The van der Waals surface area contributed by atoms with Crippen molar-refractivity contribution in [3.05, 3.63) is 58.6 Å². The van der Waals surface area contributed by atoms with Gasteiger partial charge in [-0.2, -0.15) is 0 Å². The summed E-state index contributed by atoms with van der Waals surface area (Å²) in [6, 6.07) is 8.05. The van der Waals surface area contributed by atoms with Crippen molar-refractivity contribution >= 4 is 50.6 Å². The van der Waals surface area contributed by atoms with Crippen molar-refractivity contribution in [2.75, 3.05) is 11.1 Å². The highest BCUT2D eigenvalue weighted by molar-refractivity contribution is 8.00. The van der Waals surface area contributed by atoms with Gasteiger partial charge in [0.05, 0.1) is 11.9 Å². The van der Waals surface area contributed by atoms with Crippen LogP contribution in [0.25, 0.3) is 15.9 Å². The molecule has 0 aliphatic heterocycles. The summed E-state index contributed by atoms with van der Waals surface area (Å²) in [5.74, 6) is -0.00760. The maximum Gasteiger partial charge on any atom is 0.282 e. The van der Waals surface area contributed by atoms with Crippen LogP contribution in [0.3, 0.4) is 0 Å². The predicted molar refractivity (Wildman–Crippen MR) is 102 cm³/mol. The van der Waals surface area contributed by atoms with Crippen LogP contribution in [0.15, 0.2) is 57.9 Å². The number of nitrogens with zero attached hydrogens (tertiary/aromatic N) is 3. The second kappa shape index (κ2) is 6.38. The highest BCUT2D eigenvalue weighted by Gasteiger charge is 2.12. The van der Waals surface area contributed by atoms with Gasteiger partial charge in [0.25, 0.3) is 5.56 Å². The van der Waals surface area contributed by atoms with Crippen LogP contribution in [0.2, 0.25) is 0 Å². The lowest BCUT2D eigenvalue weighted by Gasteiger charge is -2.04. The van der Waals surface area contributed by atoms with Crippen molar-refractivity contribution in [3.8, 4) is 0 Å². The van der Waals surface area contributed by atoms with Crippen LogP contribution in [0.5, 0.6) is 0 Å². The lowest BCUT2D eigenvalue weighted by Crippen LogP contribution is -2.23. The van der Waals surface area contributed by atoms with E-state index in [1.165, 1.54) is 33.7 Å². The van der Waals surface area contributed by atoms with Gasteiger partial charge in [-0.3, -0.25) is 14.0 Å². The number of benzene rings is 1. The summed E-state index contributed by atoms with van der Waals surface area (Å²) in [5.41, 5.74) is 1.05. The lowest BCUT2D eigenvalue weighted by molar-refractivity contribution is -0.113. The number of thiazole rings is 1. The van der Waals surface area contributed by atoms with Crippen molar-refractivity contribution in [2.45, 2.75) is 4.90 Å². The smallest absolute Gasteiger partial charge is 0.282 e. The summed E-state index contributed by atoms with van der Waals surface area (Å²) >= 11 is 2.82. The number of thioether (sulfide) groups is 1. The number of anilines is 1. The third-order valence-electron chi connectivity index (χ3n) is 3.84. The second-order valence-electron chi connectivity index (χ2n) is 5.49. The molecule has 0 saturated heterocycles. The van der Waals surface area contributed by atoms with Gasteiger partial charge in [-0.15, -0.1) is 23.1 Å². The maximum absolute atomic E-state index is 12.3. The average molecular weight is 370 g/mol. The zero-order valence-electron chi connectivity index (χ0n) is 13.3. The van der Waals surface area contributed by atoms with Gasteiger partial charge < -0.3 is 9.88 Å². The summed E-state index contributed by atoms with van der Waals surface area (Å²) in [5, 5.41) is 5.56. The van der Waals surface area contributed by atoms with E-state index in [2.05, 4.69) is 10.3 Å². The van der Waals surface area contributed by atoms with E-state index < -0.39 is 0 Å². The maximum atomic E-state index is 12.3. The van der Waals surface area contributed by atoms with Gasteiger partial charge in [0.2, 0.25) is 5.91 Å². The molecular formula is C17H14N4O2S2. The first-order chi connectivity index (χ1) is 12.1. The minimum absolute atomic E-state index is 0.194. The Morgan fingerprint density at radius 3 is 3.08 bits per heavy atom. The van der Waals surface area contributed by atoms with E-state index in [4.69, 9.17) is 0 Å². The van der Waals surface area contributed by atoms with Crippen LogP contribution in [0.4, 0.5) is 5.69 Å². The Hall–Kier alpha value is -2.58. The van der Waals surface area contributed by atoms with Crippen LogP contribution >= 0.6 is 23.1 Å². The monoisotopic (exact) mass is 370 g/mol. The Labute approximate surface area is 151 Å². The fraction of sp³-hybridized carbons (Fsp3) is 0.118. The molecule has 1 aromatic carbocycles. The first-order valence-corrected chi connectivity index (χ1v) is 9.41. The summed E-state index contributed by atoms with van der Waals surface area (Å²) in [7, 11) is 1.98. The Morgan fingerprint density at radius 2 is 2.20 bits per heavy atom. The highest BCUT2D eigenvalue weighted by Crippen LogP contribution is 2.29.